The van der Waals surface area contributed by atoms with E-state index in [4.69, 9.17) is 14.2 Å². The number of hydrogen-bond acceptors (Lipinski definition) is 7. The summed E-state index contributed by atoms with van der Waals surface area (Å²) in [6.45, 7) is -0.563. The molecule has 0 bridgehead atoms. The SMILES string of the molecule is O=C(CCOCCNC(=O)CCc1ccc2n1[B-](F)(F)[N+]1=C(c3ccc[nH]3)C=CC1=C2)NCCOc1cccc(C(c2ccccc2)C2CCN(C(=O)N3CC[C@@H]4OCC(=O)N[C@@H]4C3)CC2)c1. The van der Waals surface area contributed by atoms with E-state index in [9.17, 15) is 19.2 Å². The van der Waals surface area contributed by atoms with Crippen molar-refractivity contribution in [3.8, 4) is 5.75 Å². The van der Waals surface area contributed by atoms with Crippen LogP contribution in [0, 0.1) is 5.92 Å². The summed E-state index contributed by atoms with van der Waals surface area (Å²) in [5, 5.41) is 8.63. The monoisotopic (exact) mass is 918 g/mol. The van der Waals surface area contributed by atoms with Gasteiger partial charge in [0.25, 0.3) is 0 Å². The van der Waals surface area contributed by atoms with E-state index in [1.54, 1.807) is 48.7 Å². The maximum Gasteiger partial charge on any atom is 0.737 e. The second kappa shape index (κ2) is 20.6. The molecule has 0 aliphatic carbocycles. The zero-order chi connectivity index (χ0) is 46.3. The number of nitrogens with zero attached hydrogens (tertiary/aromatic N) is 4. The van der Waals surface area contributed by atoms with Gasteiger partial charge in [0.05, 0.1) is 31.9 Å². The zero-order valence-corrected chi connectivity index (χ0v) is 37.4. The molecule has 0 radical (unpaired) electrons. The molecule has 4 N–H and O–H groups in total. The summed E-state index contributed by atoms with van der Waals surface area (Å²) in [5.74, 6) is 0.504. The third-order valence-electron chi connectivity index (χ3n) is 13.4. The minimum atomic E-state index is -4.19. The van der Waals surface area contributed by atoms with Crippen LogP contribution in [0.25, 0.3) is 6.08 Å². The Labute approximate surface area is 388 Å². The molecule has 9 rings (SSSR count). The van der Waals surface area contributed by atoms with Crippen LogP contribution in [0.3, 0.4) is 0 Å². The van der Waals surface area contributed by atoms with E-state index in [1.165, 1.54) is 5.56 Å². The smallest absolute Gasteiger partial charge is 0.492 e. The molecule has 352 valence electrons. The van der Waals surface area contributed by atoms with E-state index in [2.05, 4.69) is 57.3 Å². The van der Waals surface area contributed by atoms with Gasteiger partial charge >= 0.3 is 13.0 Å². The number of morpholine rings is 1. The van der Waals surface area contributed by atoms with Crippen molar-refractivity contribution >= 4 is 42.5 Å². The summed E-state index contributed by atoms with van der Waals surface area (Å²) in [4.78, 5) is 57.5. The molecular weight excluding hydrogens is 861 g/mol. The summed E-state index contributed by atoms with van der Waals surface area (Å²) < 4.78 is 51.6. The van der Waals surface area contributed by atoms with Crippen LogP contribution in [0.2, 0.25) is 0 Å². The van der Waals surface area contributed by atoms with Crippen molar-refractivity contribution in [3.05, 3.63) is 131 Å². The highest BCUT2D eigenvalue weighted by Gasteiger charge is 2.52. The number of likely N-dealkylation sites (tertiary alicyclic amines) is 2. The fraction of sp³-hybridized carbons (Fsp3) is 0.408. The number of nitrogens with one attached hydrogen (secondary N) is 4. The summed E-state index contributed by atoms with van der Waals surface area (Å²) in [7, 11) is 0. The lowest BCUT2D eigenvalue weighted by molar-refractivity contribution is -0.360. The average Bonchev–Trinajstić information content (AvgIpc) is 4.13. The first-order chi connectivity index (χ1) is 32.6. The van der Waals surface area contributed by atoms with Crippen LogP contribution in [-0.2, 0) is 30.3 Å². The van der Waals surface area contributed by atoms with Gasteiger partial charge in [0, 0.05) is 81.6 Å². The largest absolute Gasteiger partial charge is 0.737 e. The molecule has 15 nitrogen and oxygen atoms in total. The first kappa shape index (κ1) is 45.6. The van der Waals surface area contributed by atoms with Gasteiger partial charge in [-0.2, -0.15) is 0 Å². The van der Waals surface area contributed by atoms with Gasteiger partial charge in [0.15, 0.2) is 11.4 Å². The Hall–Kier alpha value is -6.53. The number of H-pyrrole nitrogens is 1. The number of amides is 5. The van der Waals surface area contributed by atoms with Crippen molar-refractivity contribution < 1.29 is 46.5 Å². The number of halogens is 2. The Balaban J connectivity index is 0.672. The molecule has 0 spiro atoms. The Kier molecular flexibility index (Phi) is 14.0. The molecular formula is C49H57BF2N8O7. The van der Waals surface area contributed by atoms with Crippen molar-refractivity contribution in [2.45, 2.75) is 56.6 Å². The number of piperidine rings is 2. The minimum absolute atomic E-state index is 0.0167. The maximum absolute atomic E-state index is 16.0. The number of aromatic nitrogens is 2. The van der Waals surface area contributed by atoms with E-state index < -0.39 is 6.97 Å². The first-order valence-corrected chi connectivity index (χ1v) is 23.4. The zero-order valence-electron chi connectivity index (χ0n) is 37.4. The quantitative estimate of drug-likeness (QED) is 0.0885. The van der Waals surface area contributed by atoms with E-state index >= 15 is 8.63 Å². The fourth-order valence-electron chi connectivity index (χ4n) is 10.1. The molecule has 2 aromatic heterocycles. The normalized spacial score (nSPS) is 20.3. The Morgan fingerprint density at radius 2 is 1.63 bits per heavy atom. The molecule has 5 amide bonds. The van der Waals surface area contributed by atoms with Crippen molar-refractivity contribution in [1.82, 2.24) is 35.2 Å². The van der Waals surface area contributed by atoms with E-state index in [0.29, 0.717) is 79.3 Å². The van der Waals surface area contributed by atoms with Gasteiger partial charge in [0.1, 0.15) is 24.7 Å². The summed E-state index contributed by atoms with van der Waals surface area (Å²) in [5.41, 5.74) is 4.52. The van der Waals surface area contributed by atoms with Crippen molar-refractivity contribution in [2.75, 3.05) is 65.7 Å². The highest BCUT2D eigenvalue weighted by Crippen LogP contribution is 2.40. The molecule has 1 unspecified atom stereocenters. The second-order valence-corrected chi connectivity index (χ2v) is 17.7. The van der Waals surface area contributed by atoms with Crippen molar-refractivity contribution in [1.29, 1.82) is 0 Å². The maximum atomic E-state index is 16.0. The topological polar surface area (TPSA) is 162 Å². The van der Waals surface area contributed by atoms with Crippen LogP contribution in [-0.4, -0.2) is 138 Å². The number of aromatic amines is 1. The Bertz CT molecular complexity index is 2520. The number of ether oxygens (including phenoxy) is 3. The standard InChI is InChI=1S/C49H57BF2N8O7/c51-50(52)59-37(11-12-38(59)31-39-13-15-43(60(39)50)41-10-5-21-53-41)14-16-45(61)54-22-28-65-27-20-46(62)55-23-29-66-40-9-4-8-36(30-40)48(34-6-2-1-3-7-34)35-17-24-57(25-18-35)49(64)58-26-19-44-42(32-58)56-47(63)33-67-44/h1-13,15,21,30-31,35,42,44,48,53H,14,16-20,22-29,32-33H2,(H,54,61)(H,55,62)(H,56,63)/t42-,44+,48?/m1/s1. The minimum Gasteiger partial charge on any atom is -0.492 e. The second-order valence-electron chi connectivity index (χ2n) is 17.7. The summed E-state index contributed by atoms with van der Waals surface area (Å²) in [6.07, 6.45) is 9.45. The molecule has 67 heavy (non-hydrogen) atoms. The van der Waals surface area contributed by atoms with Crippen LogP contribution in [0.5, 0.6) is 5.75 Å². The number of fused-ring (bicyclic) bond motifs is 3. The number of hydrogen-bond donors (Lipinski definition) is 4. The molecule has 3 atom stereocenters. The number of rotatable bonds is 17. The lowest BCUT2D eigenvalue weighted by Gasteiger charge is -2.44. The highest BCUT2D eigenvalue weighted by atomic mass is 19.2. The number of allylic oxidation sites excluding steroid dienone is 2. The Morgan fingerprint density at radius 3 is 2.43 bits per heavy atom. The number of benzene rings is 2. The number of carbonyl (C=O) groups is 4. The summed E-state index contributed by atoms with van der Waals surface area (Å²) in [6, 6.07) is 25.2. The van der Waals surface area contributed by atoms with Crippen molar-refractivity contribution in [3.63, 3.8) is 0 Å². The van der Waals surface area contributed by atoms with E-state index in [0.717, 1.165) is 27.4 Å². The van der Waals surface area contributed by atoms with E-state index in [-0.39, 0.29) is 94.1 Å². The van der Waals surface area contributed by atoms with Gasteiger partial charge in [-0.25, -0.2) is 4.79 Å². The van der Waals surface area contributed by atoms with Gasteiger partial charge in [0.2, 0.25) is 17.7 Å². The van der Waals surface area contributed by atoms with Gasteiger partial charge in [-0.05, 0) is 84.8 Å². The molecule has 3 fully saturated rings. The van der Waals surface area contributed by atoms with Crippen LogP contribution >= 0.6 is 0 Å². The van der Waals surface area contributed by atoms with Crippen molar-refractivity contribution in [2.24, 2.45) is 5.92 Å². The third-order valence-corrected chi connectivity index (χ3v) is 13.4. The van der Waals surface area contributed by atoms with Gasteiger partial charge in [-0.15, -0.1) is 0 Å². The lowest BCUT2D eigenvalue weighted by atomic mass is 9.76. The lowest BCUT2D eigenvalue weighted by Crippen LogP contribution is -2.62. The number of carbonyl (C=O) groups excluding carboxylic acids is 4. The predicted molar refractivity (Wildman–Crippen MR) is 248 cm³/mol. The average molecular weight is 919 g/mol. The van der Waals surface area contributed by atoms with Crippen LogP contribution in [0.1, 0.15) is 66.2 Å². The molecule has 0 saturated carbocycles. The molecule has 5 aliphatic rings. The van der Waals surface area contributed by atoms with Gasteiger partial charge in [-0.1, -0.05) is 42.5 Å². The molecule has 7 heterocycles. The third kappa shape index (κ3) is 10.4. The molecule has 18 heteroatoms. The highest BCUT2D eigenvalue weighted by molar-refractivity contribution is 6.58. The predicted octanol–water partition coefficient (Wildman–Crippen LogP) is 4.67. The van der Waals surface area contributed by atoms with Gasteiger partial charge in [-0.3, -0.25) is 14.4 Å². The van der Waals surface area contributed by atoms with Crippen LogP contribution in [0.15, 0.2) is 103 Å². The Morgan fingerprint density at radius 1 is 0.851 bits per heavy atom. The fourth-order valence-corrected chi connectivity index (χ4v) is 10.1. The molecule has 4 aromatic rings. The number of urea groups is 1. The number of aryl methyl sites for hydroxylation is 1. The molecule has 2 aromatic carbocycles. The van der Waals surface area contributed by atoms with E-state index in [1.807, 2.05) is 28.0 Å². The first-order valence-electron chi connectivity index (χ1n) is 23.4. The summed E-state index contributed by atoms with van der Waals surface area (Å²) >= 11 is 0. The van der Waals surface area contributed by atoms with Crippen LogP contribution < -0.4 is 20.7 Å². The molecule has 5 aliphatic heterocycles. The van der Waals surface area contributed by atoms with Crippen LogP contribution in [0.4, 0.5) is 13.4 Å². The van der Waals surface area contributed by atoms with Gasteiger partial charge < -0.3 is 62.5 Å². The molecule has 3 saturated heterocycles.